The molecule has 4 nitrogen and oxygen atoms in total. The van der Waals surface area contributed by atoms with Crippen LogP contribution in [0.25, 0.3) is 0 Å². The van der Waals surface area contributed by atoms with Crippen LogP contribution in [0.4, 0.5) is 4.39 Å². The average Bonchev–Trinajstić information content (AvgIpc) is 2.91. The van der Waals surface area contributed by atoms with Gasteiger partial charge in [-0.05, 0) is 36.5 Å². The predicted octanol–water partition coefficient (Wildman–Crippen LogP) is 2.75. The van der Waals surface area contributed by atoms with E-state index < -0.39 is 15.8 Å². The Kier molecular flexibility index (Phi) is 4.92. The summed E-state index contributed by atoms with van der Waals surface area (Å²) in [6.45, 7) is 4.44. The van der Waals surface area contributed by atoms with Crippen molar-refractivity contribution in [1.29, 1.82) is 0 Å². The standard InChI is InChI=1S/C14H20ClFN2O2S/c1-9(2)13-4-3-5-18(13)21(19,20)11-6-10(8-17)14(15)12(16)7-11/h6-7,9,13H,3-5,8,17H2,1-2H3. The van der Waals surface area contributed by atoms with Gasteiger partial charge in [0, 0.05) is 19.1 Å². The second-order valence-electron chi connectivity index (χ2n) is 5.65. The van der Waals surface area contributed by atoms with Crippen molar-refractivity contribution in [1.82, 2.24) is 4.31 Å². The van der Waals surface area contributed by atoms with Gasteiger partial charge < -0.3 is 5.73 Å². The number of sulfonamides is 1. The maximum Gasteiger partial charge on any atom is 0.243 e. The molecular formula is C14H20ClFN2O2S. The van der Waals surface area contributed by atoms with Crippen molar-refractivity contribution >= 4 is 21.6 Å². The monoisotopic (exact) mass is 334 g/mol. The fourth-order valence-corrected chi connectivity index (χ4v) is 4.86. The lowest BCUT2D eigenvalue weighted by atomic mass is 10.0. The summed E-state index contributed by atoms with van der Waals surface area (Å²) >= 11 is 5.79. The van der Waals surface area contributed by atoms with Crippen LogP contribution in [0.1, 0.15) is 32.3 Å². The van der Waals surface area contributed by atoms with E-state index in [0.717, 1.165) is 18.9 Å². The van der Waals surface area contributed by atoms with Gasteiger partial charge in [-0.15, -0.1) is 0 Å². The van der Waals surface area contributed by atoms with Crippen molar-refractivity contribution < 1.29 is 12.8 Å². The Morgan fingerprint density at radius 3 is 2.71 bits per heavy atom. The third-order valence-electron chi connectivity index (χ3n) is 3.92. The minimum absolute atomic E-state index is 0.00722. The maximum absolute atomic E-state index is 13.8. The summed E-state index contributed by atoms with van der Waals surface area (Å²) in [7, 11) is -3.73. The number of rotatable bonds is 4. The van der Waals surface area contributed by atoms with Crippen LogP contribution in [0.15, 0.2) is 17.0 Å². The van der Waals surface area contributed by atoms with E-state index in [4.69, 9.17) is 17.3 Å². The van der Waals surface area contributed by atoms with Gasteiger partial charge in [-0.1, -0.05) is 25.4 Å². The maximum atomic E-state index is 13.8. The highest BCUT2D eigenvalue weighted by Gasteiger charge is 2.37. The van der Waals surface area contributed by atoms with Crippen LogP contribution in [0.3, 0.4) is 0 Å². The van der Waals surface area contributed by atoms with Gasteiger partial charge in [0.15, 0.2) is 0 Å². The summed E-state index contributed by atoms with van der Waals surface area (Å²) in [5.41, 5.74) is 5.80. The lowest BCUT2D eigenvalue weighted by Crippen LogP contribution is -2.38. The average molecular weight is 335 g/mol. The quantitative estimate of drug-likeness (QED) is 0.920. The lowest BCUT2D eigenvalue weighted by molar-refractivity contribution is 0.315. The number of nitrogens with two attached hydrogens (primary N) is 1. The van der Waals surface area contributed by atoms with E-state index in [1.54, 1.807) is 0 Å². The molecule has 2 N–H and O–H groups in total. The number of nitrogens with zero attached hydrogens (tertiary/aromatic N) is 1. The van der Waals surface area contributed by atoms with E-state index >= 15 is 0 Å². The molecule has 118 valence electrons. The third-order valence-corrected chi connectivity index (χ3v) is 6.25. The summed E-state index contributed by atoms with van der Waals surface area (Å²) in [5.74, 6) is -0.535. The Hall–Kier alpha value is -0.690. The Morgan fingerprint density at radius 1 is 1.48 bits per heavy atom. The van der Waals surface area contributed by atoms with Crippen molar-refractivity contribution in [3.05, 3.63) is 28.5 Å². The highest BCUT2D eigenvalue weighted by Crippen LogP contribution is 2.32. The van der Waals surface area contributed by atoms with Crippen molar-refractivity contribution in [2.45, 2.75) is 44.2 Å². The van der Waals surface area contributed by atoms with Crippen molar-refractivity contribution in [2.24, 2.45) is 11.7 Å². The van der Waals surface area contributed by atoms with Crippen LogP contribution in [-0.2, 0) is 16.6 Å². The van der Waals surface area contributed by atoms with Crippen LogP contribution in [-0.4, -0.2) is 25.3 Å². The number of hydrogen-bond donors (Lipinski definition) is 1. The molecule has 1 aromatic rings. The zero-order valence-corrected chi connectivity index (χ0v) is 13.7. The van der Waals surface area contributed by atoms with Gasteiger partial charge in [0.25, 0.3) is 0 Å². The van der Waals surface area contributed by atoms with E-state index in [2.05, 4.69) is 0 Å². The molecule has 0 saturated carbocycles. The largest absolute Gasteiger partial charge is 0.326 e. The molecule has 0 spiro atoms. The van der Waals surface area contributed by atoms with Crippen LogP contribution in [0, 0.1) is 11.7 Å². The van der Waals surface area contributed by atoms with Gasteiger partial charge in [0.1, 0.15) is 5.82 Å². The molecule has 1 atom stereocenters. The van der Waals surface area contributed by atoms with E-state index in [1.807, 2.05) is 13.8 Å². The molecule has 1 aromatic carbocycles. The van der Waals surface area contributed by atoms with Gasteiger partial charge in [0.05, 0.1) is 9.92 Å². The number of hydrogen-bond acceptors (Lipinski definition) is 3. The zero-order chi connectivity index (χ0) is 15.8. The summed E-state index contributed by atoms with van der Waals surface area (Å²) in [6.07, 6.45) is 1.65. The number of halogens is 2. The fraction of sp³-hybridized carbons (Fsp3) is 0.571. The molecule has 1 aliphatic heterocycles. The first kappa shape index (κ1) is 16.7. The summed E-state index contributed by atoms with van der Waals surface area (Å²) in [4.78, 5) is -0.0719. The normalized spacial score (nSPS) is 20.4. The minimum atomic E-state index is -3.73. The van der Waals surface area contributed by atoms with E-state index in [9.17, 15) is 12.8 Å². The molecule has 0 aromatic heterocycles. The zero-order valence-electron chi connectivity index (χ0n) is 12.1. The summed E-state index contributed by atoms with van der Waals surface area (Å²) in [5, 5.41) is -0.113. The van der Waals surface area contributed by atoms with Crippen LogP contribution < -0.4 is 5.73 Å². The second kappa shape index (κ2) is 6.20. The summed E-state index contributed by atoms with van der Waals surface area (Å²) < 4.78 is 40.8. The van der Waals surface area contributed by atoms with E-state index in [-0.39, 0.29) is 28.4 Å². The third kappa shape index (κ3) is 3.08. The van der Waals surface area contributed by atoms with Crippen LogP contribution >= 0.6 is 11.6 Å². The molecule has 1 aliphatic rings. The molecule has 0 radical (unpaired) electrons. The van der Waals surface area contributed by atoms with Crippen molar-refractivity contribution in [3.63, 3.8) is 0 Å². The molecule has 0 aliphatic carbocycles. The Balaban J connectivity index is 2.47. The molecular weight excluding hydrogens is 315 g/mol. The molecule has 2 rings (SSSR count). The smallest absolute Gasteiger partial charge is 0.243 e. The van der Waals surface area contributed by atoms with Gasteiger partial charge in [0.2, 0.25) is 10.0 Å². The van der Waals surface area contributed by atoms with Crippen LogP contribution in [0.5, 0.6) is 0 Å². The first-order valence-electron chi connectivity index (χ1n) is 6.99. The highest BCUT2D eigenvalue weighted by molar-refractivity contribution is 7.89. The summed E-state index contributed by atoms with van der Waals surface area (Å²) in [6, 6.07) is 2.30. The highest BCUT2D eigenvalue weighted by atomic mass is 35.5. The molecule has 1 fully saturated rings. The van der Waals surface area contributed by atoms with Crippen molar-refractivity contribution in [2.75, 3.05) is 6.54 Å². The number of benzene rings is 1. The molecule has 21 heavy (non-hydrogen) atoms. The predicted molar refractivity (Wildman–Crippen MR) is 81.1 cm³/mol. The van der Waals surface area contributed by atoms with Gasteiger partial charge in [-0.25, -0.2) is 12.8 Å². The second-order valence-corrected chi connectivity index (χ2v) is 7.92. The van der Waals surface area contributed by atoms with E-state index in [0.29, 0.717) is 12.1 Å². The Morgan fingerprint density at radius 2 is 2.14 bits per heavy atom. The Bertz CT molecular complexity index is 634. The van der Waals surface area contributed by atoms with Gasteiger partial charge >= 0.3 is 0 Å². The molecule has 1 heterocycles. The van der Waals surface area contributed by atoms with E-state index in [1.165, 1.54) is 10.4 Å². The molecule has 0 bridgehead atoms. The first-order chi connectivity index (χ1) is 9.78. The molecule has 1 saturated heterocycles. The minimum Gasteiger partial charge on any atom is -0.326 e. The Labute approximate surface area is 130 Å². The van der Waals surface area contributed by atoms with Crippen molar-refractivity contribution in [3.8, 4) is 0 Å². The fourth-order valence-electron chi connectivity index (χ4n) is 2.78. The topological polar surface area (TPSA) is 63.4 Å². The SMILES string of the molecule is CC(C)C1CCCN1S(=O)(=O)c1cc(F)c(Cl)c(CN)c1. The molecule has 7 heteroatoms. The van der Waals surface area contributed by atoms with Crippen LogP contribution in [0.2, 0.25) is 5.02 Å². The first-order valence-corrected chi connectivity index (χ1v) is 8.80. The molecule has 0 amide bonds. The van der Waals surface area contributed by atoms with Gasteiger partial charge in [-0.2, -0.15) is 4.31 Å². The lowest BCUT2D eigenvalue weighted by Gasteiger charge is -2.27. The molecule has 1 unspecified atom stereocenters. The van der Waals surface area contributed by atoms with Gasteiger partial charge in [-0.3, -0.25) is 0 Å².